The number of nitrogens with one attached hydrogen (secondary N) is 2. The van der Waals surface area contributed by atoms with Gasteiger partial charge in [0.15, 0.2) is 5.65 Å². The molecule has 2 aliphatic rings. The van der Waals surface area contributed by atoms with E-state index in [1.165, 1.54) is 6.20 Å². The van der Waals surface area contributed by atoms with Crippen molar-refractivity contribution in [3.63, 3.8) is 0 Å². The number of aliphatic hydroxyl groups excluding tert-OH is 1. The van der Waals surface area contributed by atoms with E-state index in [2.05, 4.69) is 20.7 Å². The van der Waals surface area contributed by atoms with Crippen molar-refractivity contribution < 1.29 is 19.0 Å². The Morgan fingerprint density at radius 1 is 1.29 bits per heavy atom. The summed E-state index contributed by atoms with van der Waals surface area (Å²) in [6.45, 7) is 0.431. The molecule has 6 rings (SSSR count). The molecule has 182 valence electrons. The number of fused-ring (bicyclic) bond motifs is 2. The van der Waals surface area contributed by atoms with Gasteiger partial charge in [-0.25, -0.2) is 14.4 Å². The average Bonchev–Trinajstić information content (AvgIpc) is 3.65. The molecule has 1 amide bonds. The summed E-state index contributed by atoms with van der Waals surface area (Å²) in [6.07, 6.45) is 5.57. The van der Waals surface area contributed by atoms with Crippen molar-refractivity contribution >= 4 is 28.4 Å². The number of pyridine rings is 1. The Morgan fingerprint density at radius 3 is 2.91 bits per heavy atom. The van der Waals surface area contributed by atoms with Crippen LogP contribution in [0, 0.1) is 0 Å². The number of aromatic nitrogens is 5. The van der Waals surface area contributed by atoms with Crippen LogP contribution in [-0.4, -0.2) is 73.7 Å². The number of alkyl halides is 1. The molecular weight excluding hydrogens is 453 g/mol. The lowest BCUT2D eigenvalue weighted by molar-refractivity contribution is 0.0888. The van der Waals surface area contributed by atoms with Gasteiger partial charge >= 0.3 is 0 Å². The van der Waals surface area contributed by atoms with Gasteiger partial charge in [-0.3, -0.25) is 4.79 Å². The number of aliphatic hydroxyl groups is 1. The van der Waals surface area contributed by atoms with Crippen molar-refractivity contribution in [2.45, 2.75) is 43.6 Å². The molecule has 11 heteroatoms. The zero-order valence-electron chi connectivity index (χ0n) is 19.2. The van der Waals surface area contributed by atoms with Gasteiger partial charge in [0.25, 0.3) is 5.91 Å². The fraction of sp³-hybridized carbons (Fsp3) is 0.417. The van der Waals surface area contributed by atoms with E-state index in [9.17, 15) is 14.3 Å². The molecule has 4 aromatic rings. The van der Waals surface area contributed by atoms with Crippen LogP contribution in [0.25, 0.3) is 27.9 Å². The summed E-state index contributed by atoms with van der Waals surface area (Å²) < 4.78 is 23.4. The first kappa shape index (κ1) is 21.9. The molecule has 0 radical (unpaired) electrons. The highest BCUT2D eigenvalue weighted by Crippen LogP contribution is 2.38. The quantitative estimate of drug-likeness (QED) is 0.402. The highest BCUT2D eigenvalue weighted by atomic mass is 19.1. The number of hydrogen-bond donors (Lipinski definition) is 3. The average molecular weight is 480 g/mol. The first-order chi connectivity index (χ1) is 17.0. The molecule has 0 aromatic carbocycles. The maximum Gasteiger partial charge on any atom is 0.257 e. The largest absolute Gasteiger partial charge is 0.388 e. The van der Waals surface area contributed by atoms with Crippen LogP contribution in [0.15, 0.2) is 36.8 Å². The highest BCUT2D eigenvalue weighted by Gasteiger charge is 2.31. The van der Waals surface area contributed by atoms with Crippen LogP contribution < -0.4 is 10.6 Å². The van der Waals surface area contributed by atoms with Crippen molar-refractivity contribution in [1.82, 2.24) is 29.5 Å². The zero-order valence-corrected chi connectivity index (χ0v) is 19.2. The van der Waals surface area contributed by atoms with Crippen molar-refractivity contribution in [2.24, 2.45) is 0 Å². The van der Waals surface area contributed by atoms with E-state index >= 15 is 0 Å². The molecule has 2 fully saturated rings. The van der Waals surface area contributed by atoms with E-state index < -0.39 is 24.2 Å². The van der Waals surface area contributed by atoms with Crippen LogP contribution in [0.1, 0.15) is 35.7 Å². The summed E-state index contributed by atoms with van der Waals surface area (Å²) in [5, 5.41) is 21.2. The van der Waals surface area contributed by atoms with Gasteiger partial charge in [0.05, 0.1) is 43.3 Å². The Balaban J connectivity index is 1.47. The summed E-state index contributed by atoms with van der Waals surface area (Å²) in [5.41, 5.74) is 2.78. The molecule has 5 heterocycles. The van der Waals surface area contributed by atoms with Crippen molar-refractivity contribution in [3.05, 3.63) is 42.4 Å². The Kier molecular flexibility index (Phi) is 5.37. The van der Waals surface area contributed by atoms with Crippen LogP contribution in [-0.2, 0) is 4.74 Å². The lowest BCUT2D eigenvalue weighted by Gasteiger charge is -2.15. The first-order valence-electron chi connectivity index (χ1n) is 11.8. The summed E-state index contributed by atoms with van der Waals surface area (Å²) in [4.78, 5) is 22.4. The third-order valence-corrected chi connectivity index (χ3v) is 6.96. The van der Waals surface area contributed by atoms with Gasteiger partial charge in [0.1, 0.15) is 23.2 Å². The topological polar surface area (TPSA) is 119 Å². The van der Waals surface area contributed by atoms with Crippen LogP contribution in [0.3, 0.4) is 0 Å². The van der Waals surface area contributed by atoms with Crippen molar-refractivity contribution in [1.29, 1.82) is 0 Å². The molecule has 4 atom stereocenters. The van der Waals surface area contributed by atoms with E-state index in [1.807, 2.05) is 29.0 Å². The van der Waals surface area contributed by atoms with Gasteiger partial charge in [-0.15, -0.1) is 0 Å². The number of anilines is 1. The number of halogens is 1. The predicted molar refractivity (Wildman–Crippen MR) is 127 cm³/mol. The highest BCUT2D eigenvalue weighted by molar-refractivity contribution is 6.01. The minimum Gasteiger partial charge on any atom is -0.388 e. The molecule has 35 heavy (non-hydrogen) atoms. The zero-order chi connectivity index (χ0) is 24.1. The van der Waals surface area contributed by atoms with E-state index in [-0.39, 0.29) is 24.8 Å². The summed E-state index contributed by atoms with van der Waals surface area (Å²) >= 11 is 0. The number of carbonyl (C=O) groups excluding carboxylic acids is 1. The lowest BCUT2D eigenvalue weighted by Crippen LogP contribution is -2.42. The molecule has 4 aromatic heterocycles. The molecule has 1 aliphatic heterocycles. The molecule has 1 saturated heterocycles. The normalized spacial score (nSPS) is 24.4. The fourth-order valence-electron chi connectivity index (χ4n) is 5.11. The van der Waals surface area contributed by atoms with Gasteiger partial charge in [0.2, 0.25) is 0 Å². The second-order valence-electron chi connectivity index (χ2n) is 9.09. The monoisotopic (exact) mass is 479 g/mol. The van der Waals surface area contributed by atoms with Crippen LogP contribution in [0.2, 0.25) is 0 Å². The standard InChI is InChI=1S/C24H26FN7O3/c1-26-21-8-17(15-10-31(19-6-2-5-16(19)25)22-13(15)4-3-7-27-22)29-23-14(9-28-32(21)23)24(34)30-18-11-35-12-20(18)33/h3-4,7-10,16,18-20,26,33H,2,5-6,11-12H2,1H3,(H,30,34)/t16-,18?,19+,20+/m1/s1. The number of rotatable bonds is 5. The number of ether oxygens (including phenoxy) is 1. The third kappa shape index (κ3) is 3.62. The molecule has 0 spiro atoms. The smallest absolute Gasteiger partial charge is 0.257 e. The first-order valence-corrected chi connectivity index (χ1v) is 11.8. The lowest BCUT2D eigenvalue weighted by atomic mass is 10.1. The van der Waals surface area contributed by atoms with E-state index in [0.29, 0.717) is 29.2 Å². The van der Waals surface area contributed by atoms with Crippen LogP contribution in [0.4, 0.5) is 10.2 Å². The maximum atomic E-state index is 14.7. The minimum atomic E-state index is -0.913. The second-order valence-corrected chi connectivity index (χ2v) is 9.09. The van der Waals surface area contributed by atoms with Gasteiger partial charge in [-0.2, -0.15) is 9.61 Å². The number of carbonyl (C=O) groups is 1. The van der Waals surface area contributed by atoms with E-state index in [4.69, 9.17) is 9.72 Å². The fourth-order valence-corrected chi connectivity index (χ4v) is 5.11. The van der Waals surface area contributed by atoms with E-state index in [1.54, 1.807) is 17.8 Å². The van der Waals surface area contributed by atoms with Crippen molar-refractivity contribution in [3.8, 4) is 11.3 Å². The Bertz CT molecular complexity index is 1420. The van der Waals surface area contributed by atoms with Crippen LogP contribution >= 0.6 is 0 Å². The Morgan fingerprint density at radius 2 is 2.17 bits per heavy atom. The number of hydrogen-bond acceptors (Lipinski definition) is 7. The van der Waals surface area contributed by atoms with Crippen LogP contribution in [0.5, 0.6) is 0 Å². The predicted octanol–water partition coefficient (Wildman–Crippen LogP) is 2.34. The molecule has 10 nitrogen and oxygen atoms in total. The van der Waals surface area contributed by atoms with E-state index in [0.717, 1.165) is 23.8 Å². The minimum absolute atomic E-state index is 0.185. The second kappa shape index (κ2) is 8.58. The molecule has 1 unspecified atom stereocenters. The molecule has 3 N–H and O–H groups in total. The molecular formula is C24H26FN7O3. The maximum absolute atomic E-state index is 14.7. The van der Waals surface area contributed by atoms with Gasteiger partial charge in [-0.1, -0.05) is 0 Å². The van der Waals surface area contributed by atoms with Gasteiger partial charge in [-0.05, 0) is 31.4 Å². The van der Waals surface area contributed by atoms with Gasteiger partial charge in [0, 0.05) is 36.5 Å². The molecule has 1 saturated carbocycles. The number of amides is 1. The van der Waals surface area contributed by atoms with Gasteiger partial charge < -0.3 is 25.0 Å². The SMILES string of the molecule is CNc1cc(-c2cn([C@H]3CCC[C@H]3F)c3ncccc23)nc2c(C(=O)NC3COC[C@@H]3O)cnn12. The Hall–Kier alpha value is -3.57. The molecule has 1 aliphatic carbocycles. The molecule has 0 bridgehead atoms. The Labute approximate surface area is 200 Å². The summed E-state index contributed by atoms with van der Waals surface area (Å²) in [6, 6.07) is 4.90. The third-order valence-electron chi connectivity index (χ3n) is 6.96. The number of nitrogens with zero attached hydrogens (tertiary/aromatic N) is 5. The van der Waals surface area contributed by atoms with Crippen molar-refractivity contribution in [2.75, 3.05) is 25.6 Å². The summed E-state index contributed by atoms with van der Waals surface area (Å²) in [7, 11) is 1.77. The summed E-state index contributed by atoms with van der Waals surface area (Å²) in [5.74, 6) is 0.249.